The highest BCUT2D eigenvalue weighted by Crippen LogP contribution is 2.36. The van der Waals surface area contributed by atoms with Crippen LogP contribution in [0.5, 0.6) is 11.5 Å². The van der Waals surface area contributed by atoms with E-state index >= 15 is 0 Å². The summed E-state index contributed by atoms with van der Waals surface area (Å²) in [6.45, 7) is 0.361. The number of nitrogens with two attached hydrogens (primary N) is 2. The molecule has 34 heavy (non-hydrogen) atoms. The van der Waals surface area contributed by atoms with Gasteiger partial charge in [0, 0.05) is 18.4 Å². The number of rotatable bonds is 10. The van der Waals surface area contributed by atoms with Crippen molar-refractivity contribution in [1.82, 2.24) is 9.97 Å². The van der Waals surface area contributed by atoms with Crippen LogP contribution < -0.4 is 20.9 Å². The third-order valence-electron chi connectivity index (χ3n) is 4.75. The molecule has 3 rings (SSSR count). The number of aryl methyl sites for hydroxylation is 1. The van der Waals surface area contributed by atoms with Gasteiger partial charge in [-0.15, -0.1) is 0 Å². The summed E-state index contributed by atoms with van der Waals surface area (Å²) in [5.41, 5.74) is 11.7. The second kappa shape index (κ2) is 10.7. The van der Waals surface area contributed by atoms with E-state index in [0.29, 0.717) is 18.6 Å². The van der Waals surface area contributed by atoms with Crippen molar-refractivity contribution >= 4 is 17.7 Å². The Hall–Kier alpha value is -4.02. The van der Waals surface area contributed by atoms with Crippen molar-refractivity contribution in [2.45, 2.75) is 25.4 Å². The van der Waals surface area contributed by atoms with Crippen LogP contribution in [-0.2, 0) is 17.4 Å². The summed E-state index contributed by atoms with van der Waals surface area (Å²) in [6, 6.07) is 11.7. The highest BCUT2D eigenvalue weighted by Gasteiger charge is 2.31. The zero-order valence-corrected chi connectivity index (χ0v) is 18.0. The average molecular weight is 476 g/mol. The molecule has 0 saturated heterocycles. The van der Waals surface area contributed by atoms with E-state index in [9.17, 15) is 18.0 Å². The number of carboxylic acid groups (broad SMARTS) is 1. The quantitative estimate of drug-likeness (QED) is 0.371. The molecule has 180 valence electrons. The number of carbonyl (C=O) groups is 1. The SMILES string of the molecule is Nc1nc(N)c(OCCCOc2ccccc2CCC(=O)O)c(-c2cccc(C(F)(F)F)c2)n1. The minimum Gasteiger partial charge on any atom is -0.493 e. The first-order valence-electron chi connectivity index (χ1n) is 10.3. The molecule has 11 heteroatoms. The van der Waals surface area contributed by atoms with Gasteiger partial charge in [0.05, 0.1) is 18.8 Å². The smallest absolute Gasteiger partial charge is 0.416 e. The van der Waals surface area contributed by atoms with Gasteiger partial charge in [-0.1, -0.05) is 30.3 Å². The number of aliphatic carboxylic acids is 1. The second-order valence-electron chi connectivity index (χ2n) is 7.28. The van der Waals surface area contributed by atoms with Gasteiger partial charge < -0.3 is 26.0 Å². The number of carboxylic acids is 1. The molecule has 3 aromatic rings. The lowest BCUT2D eigenvalue weighted by molar-refractivity contribution is -0.138. The lowest BCUT2D eigenvalue weighted by Gasteiger charge is -2.15. The molecule has 0 aliphatic heterocycles. The van der Waals surface area contributed by atoms with Crippen LogP contribution in [0.2, 0.25) is 0 Å². The van der Waals surface area contributed by atoms with Gasteiger partial charge >= 0.3 is 12.1 Å². The number of anilines is 2. The summed E-state index contributed by atoms with van der Waals surface area (Å²) >= 11 is 0. The molecule has 0 aliphatic carbocycles. The van der Waals surface area contributed by atoms with Gasteiger partial charge in [-0.3, -0.25) is 4.79 Å². The van der Waals surface area contributed by atoms with Crippen LogP contribution in [0.1, 0.15) is 24.0 Å². The Balaban J connectivity index is 1.67. The number of alkyl halides is 3. The monoisotopic (exact) mass is 476 g/mol. The van der Waals surface area contributed by atoms with Gasteiger partial charge in [0.2, 0.25) is 5.95 Å². The van der Waals surface area contributed by atoms with Crippen molar-refractivity contribution in [3.8, 4) is 22.8 Å². The molecule has 8 nitrogen and oxygen atoms in total. The minimum absolute atomic E-state index is 0.0157. The lowest BCUT2D eigenvalue weighted by atomic mass is 10.1. The number of nitrogen functional groups attached to an aromatic ring is 2. The molecular formula is C23H23F3N4O4. The Labute approximate surface area is 193 Å². The summed E-state index contributed by atoms with van der Waals surface area (Å²) < 4.78 is 50.8. The zero-order chi connectivity index (χ0) is 24.7. The minimum atomic E-state index is -4.53. The van der Waals surface area contributed by atoms with Crippen molar-refractivity contribution in [1.29, 1.82) is 0 Å². The summed E-state index contributed by atoms with van der Waals surface area (Å²) in [5, 5.41) is 8.88. The van der Waals surface area contributed by atoms with E-state index in [1.165, 1.54) is 12.1 Å². The number of hydrogen-bond donors (Lipinski definition) is 3. The van der Waals surface area contributed by atoms with Crippen LogP contribution in [-0.4, -0.2) is 34.3 Å². The van der Waals surface area contributed by atoms with Crippen molar-refractivity contribution in [3.05, 3.63) is 59.7 Å². The molecule has 2 aromatic carbocycles. The molecular weight excluding hydrogens is 453 g/mol. The van der Waals surface area contributed by atoms with Crippen LogP contribution in [0.25, 0.3) is 11.3 Å². The second-order valence-corrected chi connectivity index (χ2v) is 7.28. The van der Waals surface area contributed by atoms with Crippen molar-refractivity contribution in [3.63, 3.8) is 0 Å². The molecule has 0 fully saturated rings. The Morgan fingerprint density at radius 1 is 1.00 bits per heavy atom. The van der Waals surface area contributed by atoms with Gasteiger partial charge in [0.15, 0.2) is 11.6 Å². The van der Waals surface area contributed by atoms with E-state index in [2.05, 4.69) is 9.97 Å². The van der Waals surface area contributed by atoms with E-state index in [4.69, 9.17) is 26.0 Å². The van der Waals surface area contributed by atoms with Crippen LogP contribution >= 0.6 is 0 Å². The fourth-order valence-corrected chi connectivity index (χ4v) is 3.17. The van der Waals surface area contributed by atoms with E-state index in [1.807, 2.05) is 0 Å². The molecule has 0 radical (unpaired) electrons. The number of ether oxygens (including phenoxy) is 2. The number of nitrogens with zero attached hydrogens (tertiary/aromatic N) is 2. The molecule has 0 aliphatic rings. The Morgan fingerprint density at radius 3 is 2.47 bits per heavy atom. The first-order chi connectivity index (χ1) is 16.1. The van der Waals surface area contributed by atoms with Crippen LogP contribution in [0.15, 0.2) is 48.5 Å². The molecule has 0 unspecified atom stereocenters. The summed E-state index contributed by atoms with van der Waals surface area (Å²) in [4.78, 5) is 18.7. The molecule has 0 bridgehead atoms. The summed E-state index contributed by atoms with van der Waals surface area (Å²) in [6.07, 6.45) is -3.81. The largest absolute Gasteiger partial charge is 0.493 e. The van der Waals surface area contributed by atoms with Crippen molar-refractivity contribution in [2.75, 3.05) is 24.7 Å². The van der Waals surface area contributed by atoms with Gasteiger partial charge in [-0.2, -0.15) is 18.2 Å². The third kappa shape index (κ3) is 6.50. The maximum absolute atomic E-state index is 13.1. The Morgan fingerprint density at radius 2 is 1.74 bits per heavy atom. The van der Waals surface area contributed by atoms with E-state index < -0.39 is 17.7 Å². The lowest BCUT2D eigenvalue weighted by Crippen LogP contribution is -2.11. The van der Waals surface area contributed by atoms with E-state index in [1.54, 1.807) is 24.3 Å². The molecule has 5 N–H and O–H groups in total. The number of para-hydroxylation sites is 1. The van der Waals surface area contributed by atoms with Crippen LogP contribution in [0.4, 0.5) is 24.9 Å². The Kier molecular flexibility index (Phi) is 7.77. The van der Waals surface area contributed by atoms with Crippen molar-refractivity contribution < 1.29 is 32.5 Å². The predicted molar refractivity (Wildman–Crippen MR) is 119 cm³/mol. The van der Waals surface area contributed by atoms with E-state index in [-0.39, 0.29) is 48.4 Å². The van der Waals surface area contributed by atoms with Crippen LogP contribution in [0, 0.1) is 0 Å². The fraction of sp³-hybridized carbons (Fsp3) is 0.261. The summed E-state index contributed by atoms with van der Waals surface area (Å²) in [7, 11) is 0. The zero-order valence-electron chi connectivity index (χ0n) is 18.0. The summed E-state index contributed by atoms with van der Waals surface area (Å²) in [5.74, 6) is -0.597. The first-order valence-corrected chi connectivity index (χ1v) is 10.3. The highest BCUT2D eigenvalue weighted by atomic mass is 19.4. The van der Waals surface area contributed by atoms with Gasteiger partial charge in [0.25, 0.3) is 0 Å². The number of aromatic nitrogens is 2. The number of benzene rings is 2. The third-order valence-corrected chi connectivity index (χ3v) is 4.75. The van der Waals surface area contributed by atoms with Gasteiger partial charge in [-0.25, -0.2) is 4.98 Å². The molecule has 1 heterocycles. The fourth-order valence-electron chi connectivity index (χ4n) is 3.17. The van der Waals surface area contributed by atoms with Crippen molar-refractivity contribution in [2.24, 2.45) is 0 Å². The highest BCUT2D eigenvalue weighted by molar-refractivity contribution is 5.73. The maximum atomic E-state index is 13.1. The van der Waals surface area contributed by atoms with Crippen LogP contribution in [0.3, 0.4) is 0 Å². The molecule has 1 aromatic heterocycles. The number of halogens is 3. The first kappa shape index (κ1) is 24.6. The predicted octanol–water partition coefficient (Wildman–Crippen LogP) is 4.19. The van der Waals surface area contributed by atoms with E-state index in [0.717, 1.165) is 17.7 Å². The Bertz CT molecular complexity index is 1160. The standard InChI is InChI=1S/C23H23F3N4O4/c24-23(25,26)16-7-3-6-15(13-16)19-20(21(27)30-22(28)29-19)34-12-4-11-33-17-8-2-1-5-14(17)9-10-18(31)32/h1-3,5-8,13H,4,9-12H2,(H,31,32)(H4,27,28,29,30). The average Bonchev–Trinajstić information content (AvgIpc) is 2.78. The molecule has 0 saturated carbocycles. The maximum Gasteiger partial charge on any atom is 0.416 e. The topological polar surface area (TPSA) is 134 Å². The molecule has 0 amide bonds. The molecule has 0 spiro atoms. The normalized spacial score (nSPS) is 11.3. The number of hydrogen-bond acceptors (Lipinski definition) is 7. The van der Waals surface area contributed by atoms with Gasteiger partial charge in [-0.05, 0) is 30.2 Å². The molecule has 0 atom stereocenters. The van der Waals surface area contributed by atoms with Gasteiger partial charge in [0.1, 0.15) is 11.4 Å².